The summed E-state index contributed by atoms with van der Waals surface area (Å²) in [6, 6.07) is 0.763. The van der Waals surface area contributed by atoms with Gasteiger partial charge >= 0.3 is 0 Å². The third kappa shape index (κ3) is 4.32. The number of allylic oxidation sites excluding steroid dienone is 1. The van der Waals surface area contributed by atoms with E-state index in [1.165, 1.54) is 50.9 Å². The summed E-state index contributed by atoms with van der Waals surface area (Å²) < 4.78 is 0. The molecule has 2 fully saturated rings. The molecule has 0 aromatic rings. The summed E-state index contributed by atoms with van der Waals surface area (Å²) in [5.74, 6) is 0.845. The molecular weight excluding hydrogens is 232 g/mol. The van der Waals surface area contributed by atoms with E-state index in [4.69, 9.17) is 0 Å². The molecule has 1 saturated carbocycles. The highest BCUT2D eigenvalue weighted by Gasteiger charge is 2.45. The van der Waals surface area contributed by atoms with Gasteiger partial charge in [-0.25, -0.2) is 0 Å². The van der Waals surface area contributed by atoms with Crippen molar-refractivity contribution in [2.45, 2.75) is 59.4 Å². The van der Waals surface area contributed by atoms with Crippen LogP contribution in [0.15, 0.2) is 11.6 Å². The quantitative estimate of drug-likeness (QED) is 0.739. The highest BCUT2D eigenvalue weighted by atomic mass is 15.1. The fourth-order valence-electron chi connectivity index (χ4n) is 3.10. The second kappa shape index (κ2) is 6.41. The predicted octanol–water partition coefficient (Wildman–Crippen LogP) is 3.44. The third-order valence-corrected chi connectivity index (χ3v) is 5.21. The van der Waals surface area contributed by atoms with Crippen LogP contribution in [0.1, 0.15) is 53.4 Å². The van der Waals surface area contributed by atoms with Crippen molar-refractivity contribution in [1.29, 1.82) is 0 Å². The molecule has 0 atom stereocenters. The van der Waals surface area contributed by atoms with Gasteiger partial charge in [-0.15, -0.1) is 0 Å². The molecule has 2 aliphatic rings. The van der Waals surface area contributed by atoms with Crippen molar-refractivity contribution in [2.24, 2.45) is 11.3 Å². The Bertz CT molecular complexity index is 303. The number of nitrogens with zero attached hydrogens (tertiary/aromatic N) is 1. The molecule has 2 rings (SSSR count). The minimum absolute atomic E-state index is 0.652. The zero-order valence-electron chi connectivity index (χ0n) is 13.3. The Labute approximate surface area is 119 Å². The van der Waals surface area contributed by atoms with E-state index < -0.39 is 0 Å². The lowest BCUT2D eigenvalue weighted by atomic mass is 9.91. The minimum atomic E-state index is 0.652. The molecule has 110 valence electrons. The number of piperidine rings is 1. The Morgan fingerprint density at radius 2 is 1.89 bits per heavy atom. The van der Waals surface area contributed by atoms with Gasteiger partial charge in [-0.2, -0.15) is 0 Å². The standard InChI is InChI=1S/C17H32N2/c1-14(2)5-10-19-11-6-16(7-12-19)18-13-17(8-9-17)15(3)4/h5,15-16,18H,6-13H2,1-4H3. The Hall–Kier alpha value is -0.340. The van der Waals surface area contributed by atoms with E-state index in [0.29, 0.717) is 5.41 Å². The van der Waals surface area contributed by atoms with E-state index in [1.807, 2.05) is 0 Å². The summed E-state index contributed by atoms with van der Waals surface area (Å²) in [6.07, 6.45) is 7.88. The lowest BCUT2D eigenvalue weighted by Crippen LogP contribution is -2.44. The van der Waals surface area contributed by atoms with Crippen molar-refractivity contribution < 1.29 is 0 Å². The molecule has 0 radical (unpaired) electrons. The van der Waals surface area contributed by atoms with Crippen LogP contribution in [0.3, 0.4) is 0 Å². The van der Waals surface area contributed by atoms with E-state index in [2.05, 4.69) is 44.0 Å². The maximum absolute atomic E-state index is 3.85. The van der Waals surface area contributed by atoms with Crippen molar-refractivity contribution in [2.75, 3.05) is 26.2 Å². The van der Waals surface area contributed by atoms with Crippen LogP contribution < -0.4 is 5.32 Å². The number of hydrogen-bond acceptors (Lipinski definition) is 2. The van der Waals surface area contributed by atoms with Crippen molar-refractivity contribution in [3.63, 3.8) is 0 Å². The average Bonchev–Trinajstić information content (AvgIpc) is 3.16. The average molecular weight is 264 g/mol. The van der Waals surface area contributed by atoms with Gasteiger partial charge in [0.15, 0.2) is 0 Å². The molecule has 2 heteroatoms. The van der Waals surface area contributed by atoms with E-state index >= 15 is 0 Å². The predicted molar refractivity (Wildman–Crippen MR) is 83.4 cm³/mol. The van der Waals surface area contributed by atoms with Crippen LogP contribution in [0.5, 0.6) is 0 Å². The molecule has 0 aromatic heterocycles. The minimum Gasteiger partial charge on any atom is -0.313 e. The number of hydrogen-bond donors (Lipinski definition) is 1. The van der Waals surface area contributed by atoms with Crippen molar-refractivity contribution in [3.8, 4) is 0 Å². The summed E-state index contributed by atoms with van der Waals surface area (Å²) in [6.45, 7) is 14.1. The van der Waals surface area contributed by atoms with E-state index in [0.717, 1.165) is 18.5 Å². The van der Waals surface area contributed by atoms with Crippen molar-refractivity contribution in [3.05, 3.63) is 11.6 Å². The van der Waals surface area contributed by atoms with E-state index in [-0.39, 0.29) is 0 Å². The summed E-state index contributed by atoms with van der Waals surface area (Å²) in [4.78, 5) is 2.58. The first-order chi connectivity index (χ1) is 9.02. The summed E-state index contributed by atoms with van der Waals surface area (Å²) >= 11 is 0. The first-order valence-corrected chi connectivity index (χ1v) is 8.11. The molecule has 0 spiro atoms. The third-order valence-electron chi connectivity index (χ3n) is 5.21. The second-order valence-corrected chi connectivity index (χ2v) is 7.25. The largest absolute Gasteiger partial charge is 0.313 e. The Balaban J connectivity index is 1.65. The number of rotatable bonds is 6. The van der Waals surface area contributed by atoms with Crippen molar-refractivity contribution >= 4 is 0 Å². The maximum Gasteiger partial charge on any atom is 0.0165 e. The zero-order chi connectivity index (χ0) is 13.9. The first-order valence-electron chi connectivity index (χ1n) is 8.11. The molecule has 0 unspecified atom stereocenters. The molecule has 1 aliphatic carbocycles. The molecule has 0 aromatic carbocycles. The Morgan fingerprint density at radius 3 is 2.37 bits per heavy atom. The highest BCUT2D eigenvalue weighted by molar-refractivity contribution is 4.98. The molecule has 0 amide bonds. The van der Waals surface area contributed by atoms with Crippen LogP contribution in [0.4, 0.5) is 0 Å². The summed E-state index contributed by atoms with van der Waals surface area (Å²) in [7, 11) is 0. The smallest absolute Gasteiger partial charge is 0.0165 e. The monoisotopic (exact) mass is 264 g/mol. The van der Waals surface area contributed by atoms with Gasteiger partial charge < -0.3 is 5.32 Å². The van der Waals surface area contributed by atoms with E-state index in [9.17, 15) is 0 Å². The topological polar surface area (TPSA) is 15.3 Å². The van der Waals surface area contributed by atoms with Crippen LogP contribution >= 0.6 is 0 Å². The molecule has 1 aliphatic heterocycles. The van der Waals surface area contributed by atoms with Crippen LogP contribution in [-0.4, -0.2) is 37.1 Å². The second-order valence-electron chi connectivity index (χ2n) is 7.25. The molecule has 19 heavy (non-hydrogen) atoms. The Morgan fingerprint density at radius 1 is 1.26 bits per heavy atom. The lowest BCUT2D eigenvalue weighted by molar-refractivity contribution is 0.203. The number of nitrogens with one attached hydrogen (secondary N) is 1. The van der Waals surface area contributed by atoms with Crippen LogP contribution in [0, 0.1) is 11.3 Å². The highest BCUT2D eigenvalue weighted by Crippen LogP contribution is 2.51. The summed E-state index contributed by atoms with van der Waals surface area (Å²) in [5, 5.41) is 3.85. The van der Waals surface area contributed by atoms with Gasteiger partial charge in [-0.3, -0.25) is 4.90 Å². The van der Waals surface area contributed by atoms with Gasteiger partial charge in [-0.05, 0) is 64.0 Å². The van der Waals surface area contributed by atoms with Gasteiger partial charge in [0, 0.05) is 19.1 Å². The molecule has 1 heterocycles. The van der Waals surface area contributed by atoms with Crippen molar-refractivity contribution in [1.82, 2.24) is 10.2 Å². The fourth-order valence-corrected chi connectivity index (χ4v) is 3.10. The van der Waals surface area contributed by atoms with Gasteiger partial charge in [-0.1, -0.05) is 25.5 Å². The van der Waals surface area contributed by atoms with E-state index in [1.54, 1.807) is 0 Å². The maximum atomic E-state index is 3.85. The zero-order valence-corrected chi connectivity index (χ0v) is 13.3. The normalized spacial score (nSPS) is 23.6. The van der Waals surface area contributed by atoms with Gasteiger partial charge in [0.1, 0.15) is 0 Å². The van der Waals surface area contributed by atoms with Gasteiger partial charge in [0.2, 0.25) is 0 Å². The molecule has 2 nitrogen and oxygen atoms in total. The first kappa shape index (κ1) is 15.1. The van der Waals surface area contributed by atoms with Crippen LogP contribution in [0.25, 0.3) is 0 Å². The van der Waals surface area contributed by atoms with Gasteiger partial charge in [0.05, 0.1) is 0 Å². The van der Waals surface area contributed by atoms with Crippen LogP contribution in [-0.2, 0) is 0 Å². The fraction of sp³-hybridized carbons (Fsp3) is 0.882. The summed E-state index contributed by atoms with van der Waals surface area (Å²) in [5.41, 5.74) is 2.09. The Kier molecular flexibility index (Phi) is 5.08. The SMILES string of the molecule is CC(C)=CCN1CCC(NCC2(C(C)C)CC2)CC1. The lowest BCUT2D eigenvalue weighted by Gasteiger charge is -2.33. The van der Waals surface area contributed by atoms with Gasteiger partial charge in [0.25, 0.3) is 0 Å². The number of likely N-dealkylation sites (tertiary alicyclic amines) is 1. The molecule has 1 saturated heterocycles. The molecule has 0 bridgehead atoms. The molecule has 1 N–H and O–H groups in total. The molecular formula is C17H32N2. The van der Waals surface area contributed by atoms with Crippen LogP contribution in [0.2, 0.25) is 0 Å².